The lowest BCUT2D eigenvalue weighted by Crippen LogP contribution is -2.51. The van der Waals surface area contributed by atoms with Crippen LogP contribution in [0.5, 0.6) is 0 Å². The Morgan fingerprint density at radius 1 is 0.880 bits per heavy atom. The summed E-state index contributed by atoms with van der Waals surface area (Å²) in [5, 5.41) is 16.8. The van der Waals surface area contributed by atoms with E-state index < -0.39 is 47.5 Å². The molecule has 2 aliphatic rings. The molecule has 270 valence electrons. The van der Waals surface area contributed by atoms with Gasteiger partial charge in [0.05, 0.1) is 25.9 Å². The molecule has 1 fully saturated rings. The van der Waals surface area contributed by atoms with Gasteiger partial charge in [-0.2, -0.15) is 0 Å². The molecule has 1 saturated carbocycles. The molecule has 4 atom stereocenters. The number of carbonyl (C=O) groups is 6. The molecule has 2 bridgehead atoms. The quantitative estimate of drug-likeness (QED) is 0.177. The van der Waals surface area contributed by atoms with Crippen molar-refractivity contribution in [2.45, 2.75) is 69.6 Å². The second-order valence-corrected chi connectivity index (χ2v) is 12.3. The molecule has 8 N–H and O–H groups in total. The zero-order chi connectivity index (χ0) is 35.7. The summed E-state index contributed by atoms with van der Waals surface area (Å²) >= 11 is 0. The average molecular weight is 694 g/mol. The molecule has 15 nitrogen and oxygen atoms in total. The van der Waals surface area contributed by atoms with E-state index in [1.807, 2.05) is 0 Å². The van der Waals surface area contributed by atoms with E-state index in [0.29, 0.717) is 55.7 Å². The number of hydrogen-bond donors (Lipinski definition) is 7. The van der Waals surface area contributed by atoms with Gasteiger partial charge < -0.3 is 46.8 Å². The number of nitrogens with one attached hydrogen (secondary N) is 6. The molecule has 0 spiro atoms. The highest BCUT2D eigenvalue weighted by molar-refractivity contribution is 5.97. The summed E-state index contributed by atoms with van der Waals surface area (Å²) in [7, 11) is 0. The molecule has 6 amide bonds. The number of carbonyl (C=O) groups excluding carboxylic acids is 6. The molecule has 15 heteroatoms. The summed E-state index contributed by atoms with van der Waals surface area (Å²) in [5.41, 5.74) is 6.74. The Hall–Kier alpha value is -5.02. The third-order valence-electron chi connectivity index (χ3n) is 8.51. The first-order valence-corrected chi connectivity index (χ1v) is 17.0. The number of benzene rings is 1. The number of rotatable bonds is 8. The maximum atomic E-state index is 13.5. The predicted molar refractivity (Wildman–Crippen MR) is 182 cm³/mol. The topological polar surface area (TPSA) is 223 Å². The van der Waals surface area contributed by atoms with E-state index in [1.54, 1.807) is 36.4 Å². The summed E-state index contributed by atoms with van der Waals surface area (Å²) in [6.45, 7) is 1.23. The molecule has 2 heterocycles. The van der Waals surface area contributed by atoms with Gasteiger partial charge in [0.2, 0.25) is 35.4 Å². The third-order valence-corrected chi connectivity index (χ3v) is 8.51. The Kier molecular flexibility index (Phi) is 15.0. The molecule has 0 radical (unpaired) electrons. The number of nitrogens with two attached hydrogens (primary N) is 1. The minimum atomic E-state index is -0.983. The smallest absolute Gasteiger partial charge is 0.244 e. The molecular formula is C35H47N7O8. The van der Waals surface area contributed by atoms with Crippen molar-refractivity contribution in [2.24, 2.45) is 11.7 Å². The van der Waals surface area contributed by atoms with Gasteiger partial charge in [-0.1, -0.05) is 30.7 Å². The number of furan rings is 1. The van der Waals surface area contributed by atoms with E-state index in [9.17, 15) is 28.8 Å². The summed E-state index contributed by atoms with van der Waals surface area (Å²) < 4.78 is 10.8. The van der Waals surface area contributed by atoms with Crippen molar-refractivity contribution < 1.29 is 37.9 Å². The fourth-order valence-electron chi connectivity index (χ4n) is 5.94. The molecule has 0 unspecified atom stereocenters. The summed E-state index contributed by atoms with van der Waals surface area (Å²) in [6, 6.07) is 8.31. The Labute approximate surface area is 290 Å². The van der Waals surface area contributed by atoms with Crippen LogP contribution >= 0.6 is 0 Å². The van der Waals surface area contributed by atoms with Crippen LogP contribution in [0.3, 0.4) is 0 Å². The number of amides is 6. The largest absolute Gasteiger partial charge is 0.469 e. The van der Waals surface area contributed by atoms with E-state index in [4.69, 9.17) is 14.9 Å². The first-order chi connectivity index (χ1) is 24.2. The van der Waals surface area contributed by atoms with Crippen LogP contribution in [0.4, 0.5) is 0 Å². The predicted octanol–water partition coefficient (Wildman–Crippen LogP) is -0.507. The average Bonchev–Trinajstić information content (AvgIpc) is 3.62. The Morgan fingerprint density at radius 3 is 2.46 bits per heavy atom. The maximum Gasteiger partial charge on any atom is 0.244 e. The van der Waals surface area contributed by atoms with Crippen molar-refractivity contribution in [2.75, 3.05) is 32.8 Å². The highest BCUT2D eigenvalue weighted by atomic mass is 16.5. The van der Waals surface area contributed by atoms with Crippen LogP contribution in [0.15, 0.2) is 59.2 Å². The minimum absolute atomic E-state index is 0.0358. The molecule has 0 saturated heterocycles. The fraction of sp³-hybridized carbons (Fsp3) is 0.486. The van der Waals surface area contributed by atoms with Crippen molar-refractivity contribution in [1.82, 2.24) is 31.9 Å². The van der Waals surface area contributed by atoms with Crippen LogP contribution in [0, 0.1) is 5.92 Å². The Bertz CT molecular complexity index is 1500. The third kappa shape index (κ3) is 12.5. The summed E-state index contributed by atoms with van der Waals surface area (Å²) in [4.78, 5) is 78.4. The Morgan fingerprint density at radius 2 is 1.68 bits per heavy atom. The molecule has 4 rings (SSSR count). The van der Waals surface area contributed by atoms with E-state index in [0.717, 1.165) is 12.2 Å². The highest BCUT2D eigenvalue weighted by Crippen LogP contribution is 2.25. The van der Waals surface area contributed by atoms with Crippen LogP contribution in [0.2, 0.25) is 0 Å². The maximum absolute atomic E-state index is 13.5. The van der Waals surface area contributed by atoms with Crippen LogP contribution in [0.25, 0.3) is 0 Å². The van der Waals surface area contributed by atoms with E-state index in [1.165, 1.54) is 6.26 Å². The van der Waals surface area contributed by atoms with Gasteiger partial charge in [0.15, 0.2) is 0 Å². The van der Waals surface area contributed by atoms with Gasteiger partial charge in [-0.15, -0.1) is 0 Å². The molecule has 1 aromatic carbocycles. The van der Waals surface area contributed by atoms with Crippen molar-refractivity contribution >= 4 is 35.4 Å². The molecular weight excluding hydrogens is 646 g/mol. The van der Waals surface area contributed by atoms with Crippen LogP contribution < -0.4 is 37.6 Å². The normalized spacial score (nSPS) is 23.6. The molecule has 1 aliphatic heterocycles. The fourth-order valence-corrected chi connectivity index (χ4v) is 5.94. The van der Waals surface area contributed by atoms with Gasteiger partial charge >= 0.3 is 0 Å². The number of ether oxygens (including phenoxy) is 1. The van der Waals surface area contributed by atoms with E-state index in [-0.39, 0.29) is 57.5 Å². The number of fused-ring (bicyclic) bond motifs is 3. The monoisotopic (exact) mass is 693 g/mol. The van der Waals surface area contributed by atoms with Crippen molar-refractivity contribution in [3.63, 3.8) is 0 Å². The first kappa shape index (κ1) is 37.8. The molecule has 50 heavy (non-hydrogen) atoms. The van der Waals surface area contributed by atoms with Crippen LogP contribution in [-0.2, 0) is 52.9 Å². The van der Waals surface area contributed by atoms with Crippen molar-refractivity contribution in [1.29, 1.82) is 0 Å². The summed E-state index contributed by atoms with van der Waals surface area (Å²) in [5.74, 6) is -2.58. The van der Waals surface area contributed by atoms with Gasteiger partial charge in [0, 0.05) is 56.7 Å². The van der Waals surface area contributed by atoms with Gasteiger partial charge in [-0.25, -0.2) is 0 Å². The van der Waals surface area contributed by atoms with Gasteiger partial charge in [-0.05, 0) is 48.9 Å². The van der Waals surface area contributed by atoms with E-state index in [2.05, 4.69) is 31.9 Å². The zero-order valence-electron chi connectivity index (χ0n) is 28.0. The lowest BCUT2D eigenvalue weighted by molar-refractivity contribution is -0.132. The lowest BCUT2D eigenvalue weighted by atomic mass is 9.85. The zero-order valence-corrected chi connectivity index (χ0v) is 28.0. The van der Waals surface area contributed by atoms with Crippen LogP contribution in [0.1, 0.15) is 49.0 Å². The lowest BCUT2D eigenvalue weighted by Gasteiger charge is -2.30. The van der Waals surface area contributed by atoms with E-state index >= 15 is 0 Å². The van der Waals surface area contributed by atoms with Crippen molar-refractivity contribution in [3.05, 3.63) is 71.7 Å². The van der Waals surface area contributed by atoms with Crippen molar-refractivity contribution in [3.8, 4) is 0 Å². The highest BCUT2D eigenvalue weighted by Gasteiger charge is 2.31. The molecule has 1 aliphatic carbocycles. The first-order valence-electron chi connectivity index (χ1n) is 17.0. The van der Waals surface area contributed by atoms with Crippen LogP contribution in [-0.4, -0.2) is 86.4 Å². The second kappa shape index (κ2) is 19.8. The molecule has 2 aromatic rings. The SMILES string of the molecule is NCCOCCNC(=O)[C@@H]1CCNC(=O)/C=C/C(=O)N[C@@H]2CCC[C@H](C2)C(=O)N[C@@H](Cc2ccco2)C(=O)NCc2ccccc2CC(=O)N1. The summed E-state index contributed by atoms with van der Waals surface area (Å²) in [6.07, 6.45) is 6.15. The second-order valence-electron chi connectivity index (χ2n) is 12.3. The standard InChI is InChI=1S/C35H47N7O8/c36-13-17-49-18-15-38-34(47)28-12-14-37-30(43)10-11-31(44)40-26-8-3-7-24(19-26)33(46)42-29(21-27-9-4-16-50-27)35(48)39-22-25-6-2-1-5-23(25)20-32(45)41-28/h1-2,4-6,9-11,16,24,26,28-29H,3,7-8,12-15,17-22,36H2,(H,37,43)(H,38,47)(H,39,48)(H,40,44)(H,41,45)(H,42,46)/b11-10+/t24-,26-,28+,29+/m1/s1. The van der Waals surface area contributed by atoms with Gasteiger partial charge in [0.1, 0.15) is 17.8 Å². The number of hydrogen-bond acceptors (Lipinski definition) is 9. The van der Waals surface area contributed by atoms with Gasteiger partial charge in [-0.3, -0.25) is 28.8 Å². The van der Waals surface area contributed by atoms with Gasteiger partial charge in [0.25, 0.3) is 0 Å². The molecule has 1 aromatic heterocycles. The minimum Gasteiger partial charge on any atom is -0.469 e. The Balaban J connectivity index is 1.53.